The number of piperazine rings is 1. The fourth-order valence-electron chi connectivity index (χ4n) is 3.53. The molecular formula is C22H30N4O2. The summed E-state index contributed by atoms with van der Waals surface area (Å²) >= 11 is 0. The predicted molar refractivity (Wildman–Crippen MR) is 114 cm³/mol. The zero-order valence-electron chi connectivity index (χ0n) is 17.0. The van der Waals surface area contributed by atoms with Crippen LogP contribution in [0.2, 0.25) is 0 Å². The third-order valence-electron chi connectivity index (χ3n) is 5.09. The van der Waals surface area contributed by atoms with Crippen molar-refractivity contribution >= 4 is 28.3 Å². The zero-order chi connectivity index (χ0) is 20.1. The summed E-state index contributed by atoms with van der Waals surface area (Å²) in [6.45, 7) is 7.47. The summed E-state index contributed by atoms with van der Waals surface area (Å²) in [6, 6.07) is 14.6. The van der Waals surface area contributed by atoms with Gasteiger partial charge in [-0.25, -0.2) is 0 Å². The highest BCUT2D eigenvalue weighted by Crippen LogP contribution is 2.21. The smallest absolute Gasteiger partial charge is 0.242 e. The number of carbonyl (C=O) groups excluding carboxylic acids is 2. The summed E-state index contributed by atoms with van der Waals surface area (Å²) in [5.74, 6) is 0.174. The summed E-state index contributed by atoms with van der Waals surface area (Å²) in [7, 11) is 1.95. The Bertz CT molecular complexity index is 828. The Balaban J connectivity index is 1.50. The van der Waals surface area contributed by atoms with Crippen molar-refractivity contribution in [2.75, 3.05) is 51.2 Å². The number of nitrogens with zero attached hydrogens (tertiary/aromatic N) is 3. The van der Waals surface area contributed by atoms with E-state index in [0.717, 1.165) is 18.8 Å². The number of likely N-dealkylation sites (N-methyl/N-ethyl adjacent to an activating group) is 1. The topological polar surface area (TPSA) is 55.9 Å². The lowest BCUT2D eigenvalue weighted by molar-refractivity contribution is -0.131. The molecule has 1 aliphatic heterocycles. The van der Waals surface area contributed by atoms with Crippen LogP contribution >= 0.6 is 0 Å². The van der Waals surface area contributed by atoms with Crippen LogP contribution in [-0.2, 0) is 9.59 Å². The minimum absolute atomic E-state index is 0.0470. The Morgan fingerprint density at radius 2 is 1.71 bits per heavy atom. The van der Waals surface area contributed by atoms with Gasteiger partial charge in [0.15, 0.2) is 0 Å². The molecule has 0 aromatic heterocycles. The first-order valence-corrected chi connectivity index (χ1v) is 9.92. The molecular weight excluding hydrogens is 352 g/mol. The molecule has 0 bridgehead atoms. The van der Waals surface area contributed by atoms with Gasteiger partial charge in [-0.1, -0.05) is 30.3 Å². The molecule has 1 aliphatic rings. The van der Waals surface area contributed by atoms with E-state index in [1.807, 2.05) is 42.8 Å². The fourth-order valence-corrected chi connectivity index (χ4v) is 3.53. The average Bonchev–Trinajstić information content (AvgIpc) is 2.67. The van der Waals surface area contributed by atoms with Gasteiger partial charge in [-0.05, 0) is 36.8 Å². The van der Waals surface area contributed by atoms with E-state index in [0.29, 0.717) is 26.2 Å². The number of benzene rings is 2. The number of carbonyl (C=O) groups is 2. The lowest BCUT2D eigenvalue weighted by Gasteiger charge is -2.35. The first-order valence-electron chi connectivity index (χ1n) is 9.92. The second-order valence-corrected chi connectivity index (χ2v) is 7.77. The van der Waals surface area contributed by atoms with E-state index in [1.165, 1.54) is 10.8 Å². The fraction of sp³-hybridized carbons (Fsp3) is 0.455. The van der Waals surface area contributed by atoms with Crippen molar-refractivity contribution in [1.82, 2.24) is 15.1 Å². The summed E-state index contributed by atoms with van der Waals surface area (Å²) in [5.41, 5.74) is 1.04. The highest BCUT2D eigenvalue weighted by Gasteiger charge is 2.23. The second kappa shape index (κ2) is 9.06. The summed E-state index contributed by atoms with van der Waals surface area (Å²) < 4.78 is 0. The van der Waals surface area contributed by atoms with Crippen molar-refractivity contribution in [1.29, 1.82) is 0 Å². The molecule has 3 rings (SSSR count). The van der Waals surface area contributed by atoms with Crippen molar-refractivity contribution in [3.05, 3.63) is 42.5 Å². The van der Waals surface area contributed by atoms with Gasteiger partial charge in [-0.15, -0.1) is 0 Å². The minimum Gasteiger partial charge on any atom is -0.365 e. The molecule has 28 heavy (non-hydrogen) atoms. The first kappa shape index (κ1) is 20.1. The van der Waals surface area contributed by atoms with Crippen LogP contribution in [0.4, 0.5) is 5.69 Å². The van der Waals surface area contributed by atoms with E-state index >= 15 is 0 Å². The molecule has 0 saturated carbocycles. The van der Waals surface area contributed by atoms with Crippen LogP contribution in [0.5, 0.6) is 0 Å². The van der Waals surface area contributed by atoms with Crippen molar-refractivity contribution in [2.45, 2.75) is 19.9 Å². The Labute approximate surface area is 167 Å². The third kappa shape index (κ3) is 5.23. The van der Waals surface area contributed by atoms with Crippen LogP contribution in [0.3, 0.4) is 0 Å². The SMILES string of the molecule is CC(C)NC(=O)CN1CCN(C(=O)CN(C)c2ccc3ccccc3c2)CC1. The van der Waals surface area contributed by atoms with Crippen molar-refractivity contribution < 1.29 is 9.59 Å². The summed E-state index contributed by atoms with van der Waals surface area (Å²) in [4.78, 5) is 30.6. The number of hydrogen-bond donors (Lipinski definition) is 1. The molecule has 0 radical (unpaired) electrons. The van der Waals surface area contributed by atoms with E-state index in [-0.39, 0.29) is 17.9 Å². The standard InChI is InChI=1S/C22H30N4O2/c1-17(2)23-21(27)15-25-10-12-26(13-11-25)22(28)16-24(3)20-9-8-18-6-4-5-7-19(18)14-20/h4-9,14,17H,10-13,15-16H2,1-3H3,(H,23,27). The molecule has 1 N–H and O–H groups in total. The molecule has 6 nitrogen and oxygen atoms in total. The normalized spacial score (nSPS) is 15.1. The van der Waals surface area contributed by atoms with Crippen molar-refractivity contribution in [3.8, 4) is 0 Å². The first-order chi connectivity index (χ1) is 13.4. The number of fused-ring (bicyclic) bond motifs is 1. The van der Waals surface area contributed by atoms with Crippen LogP contribution in [-0.4, -0.2) is 74.0 Å². The number of amides is 2. The van der Waals surface area contributed by atoms with Gasteiger partial charge >= 0.3 is 0 Å². The van der Waals surface area contributed by atoms with E-state index in [9.17, 15) is 9.59 Å². The van der Waals surface area contributed by atoms with Gasteiger partial charge in [0.25, 0.3) is 0 Å². The molecule has 2 amide bonds. The quantitative estimate of drug-likeness (QED) is 0.830. The summed E-state index contributed by atoms with van der Waals surface area (Å²) in [6.07, 6.45) is 0. The number of rotatable bonds is 6. The minimum atomic E-state index is 0.0470. The largest absolute Gasteiger partial charge is 0.365 e. The Kier molecular flexibility index (Phi) is 6.52. The number of nitrogens with one attached hydrogen (secondary N) is 1. The monoisotopic (exact) mass is 382 g/mol. The molecule has 150 valence electrons. The molecule has 1 heterocycles. The van der Waals surface area contributed by atoms with Gasteiger partial charge in [0, 0.05) is 45.0 Å². The van der Waals surface area contributed by atoms with Crippen LogP contribution in [0.1, 0.15) is 13.8 Å². The van der Waals surface area contributed by atoms with Crippen LogP contribution < -0.4 is 10.2 Å². The molecule has 1 fully saturated rings. The third-order valence-corrected chi connectivity index (χ3v) is 5.09. The number of anilines is 1. The van der Waals surface area contributed by atoms with Gasteiger partial charge in [-0.2, -0.15) is 0 Å². The van der Waals surface area contributed by atoms with Gasteiger partial charge in [0.05, 0.1) is 13.1 Å². The molecule has 6 heteroatoms. The van der Waals surface area contributed by atoms with Gasteiger partial charge in [-0.3, -0.25) is 14.5 Å². The van der Waals surface area contributed by atoms with E-state index in [1.54, 1.807) is 0 Å². The van der Waals surface area contributed by atoms with E-state index in [4.69, 9.17) is 0 Å². The molecule has 0 spiro atoms. The van der Waals surface area contributed by atoms with Crippen LogP contribution in [0, 0.1) is 0 Å². The van der Waals surface area contributed by atoms with Crippen molar-refractivity contribution in [2.24, 2.45) is 0 Å². The molecule has 2 aromatic carbocycles. The molecule has 0 aliphatic carbocycles. The maximum Gasteiger partial charge on any atom is 0.242 e. The van der Waals surface area contributed by atoms with Gasteiger partial charge in [0.2, 0.25) is 11.8 Å². The maximum absolute atomic E-state index is 12.7. The molecule has 2 aromatic rings. The van der Waals surface area contributed by atoms with Crippen LogP contribution in [0.15, 0.2) is 42.5 Å². The molecule has 1 saturated heterocycles. The highest BCUT2D eigenvalue weighted by atomic mass is 16.2. The van der Waals surface area contributed by atoms with Gasteiger partial charge in [0.1, 0.15) is 0 Å². The average molecular weight is 383 g/mol. The predicted octanol–water partition coefficient (Wildman–Crippen LogP) is 1.94. The lowest BCUT2D eigenvalue weighted by Crippen LogP contribution is -2.53. The van der Waals surface area contributed by atoms with Gasteiger partial charge < -0.3 is 15.1 Å². The second-order valence-electron chi connectivity index (χ2n) is 7.77. The Morgan fingerprint density at radius 3 is 2.39 bits per heavy atom. The van der Waals surface area contributed by atoms with E-state index in [2.05, 4.69) is 40.5 Å². The van der Waals surface area contributed by atoms with Crippen LogP contribution in [0.25, 0.3) is 10.8 Å². The zero-order valence-corrected chi connectivity index (χ0v) is 17.0. The molecule has 0 atom stereocenters. The molecule has 0 unspecified atom stereocenters. The maximum atomic E-state index is 12.7. The van der Waals surface area contributed by atoms with Crippen molar-refractivity contribution in [3.63, 3.8) is 0 Å². The Morgan fingerprint density at radius 1 is 1.04 bits per heavy atom. The van der Waals surface area contributed by atoms with E-state index < -0.39 is 0 Å². The highest BCUT2D eigenvalue weighted by molar-refractivity contribution is 5.87. The number of hydrogen-bond acceptors (Lipinski definition) is 4. The lowest BCUT2D eigenvalue weighted by atomic mass is 10.1. The summed E-state index contributed by atoms with van der Waals surface area (Å²) in [5, 5.41) is 5.28. The Hall–Kier alpha value is -2.60.